The molecule has 3 aromatic heterocycles. The fourth-order valence-electron chi connectivity index (χ4n) is 3.61. The highest BCUT2D eigenvalue weighted by Gasteiger charge is 2.15. The Morgan fingerprint density at radius 1 is 1.03 bits per heavy atom. The molecule has 1 amide bonds. The minimum atomic E-state index is -0.275. The molecule has 1 N–H and O–H groups in total. The normalized spacial score (nSPS) is 11.2. The number of rotatable bonds is 5. The summed E-state index contributed by atoms with van der Waals surface area (Å²) in [5, 5.41) is 3.68. The number of benzene rings is 2. The highest BCUT2D eigenvalue weighted by atomic mass is 32.1. The van der Waals surface area contributed by atoms with E-state index in [1.807, 2.05) is 66.7 Å². The first-order valence-electron chi connectivity index (χ1n) is 10.4. The zero-order valence-corrected chi connectivity index (χ0v) is 18.2. The van der Waals surface area contributed by atoms with Gasteiger partial charge in [-0.2, -0.15) is 0 Å². The Bertz CT molecular complexity index is 1490. The number of carbonyl (C=O) groups is 1. The highest BCUT2D eigenvalue weighted by molar-refractivity contribution is 7.25. The third-order valence-corrected chi connectivity index (χ3v) is 6.42. The van der Waals surface area contributed by atoms with E-state index >= 15 is 0 Å². The van der Waals surface area contributed by atoms with Gasteiger partial charge in [0.25, 0.3) is 5.56 Å². The van der Waals surface area contributed by atoms with Crippen molar-refractivity contribution in [2.24, 2.45) is 0 Å². The van der Waals surface area contributed by atoms with Crippen molar-refractivity contribution >= 4 is 43.4 Å². The molecule has 158 valence electrons. The molecule has 32 heavy (non-hydrogen) atoms. The van der Waals surface area contributed by atoms with Crippen LogP contribution in [-0.2, 0) is 17.8 Å². The maximum absolute atomic E-state index is 13.1. The van der Waals surface area contributed by atoms with Crippen LogP contribution in [0.2, 0.25) is 0 Å². The molecule has 0 saturated heterocycles. The molecule has 0 unspecified atom stereocenters. The molecule has 2 aromatic carbocycles. The average Bonchev–Trinajstić information content (AvgIpc) is 3.20. The maximum Gasteiger partial charge on any atom is 0.271 e. The summed E-state index contributed by atoms with van der Waals surface area (Å²) in [7, 11) is 0. The first kappa shape index (κ1) is 20.1. The van der Waals surface area contributed by atoms with E-state index in [0.29, 0.717) is 15.9 Å². The smallest absolute Gasteiger partial charge is 0.271 e. The summed E-state index contributed by atoms with van der Waals surface area (Å²) in [6, 6.07) is 21.5. The second-order valence-electron chi connectivity index (χ2n) is 7.47. The standard InChI is InChI=1S/C25H20N4O2S/c1-2-16-8-10-18(11-9-16)27-21(30)14-29-15-26-22-19-12-13-20(17-6-4-3-5-7-17)28-24(19)32-23(22)25(29)31/h3-13,15H,2,14H2,1H3,(H,27,30). The molecule has 0 aliphatic heterocycles. The van der Waals surface area contributed by atoms with Crippen LogP contribution in [0.1, 0.15) is 12.5 Å². The first-order valence-corrected chi connectivity index (χ1v) is 11.2. The SMILES string of the molecule is CCc1ccc(NC(=O)Cn2cnc3c(sc4nc(-c5ccccc5)ccc43)c2=O)cc1. The molecule has 3 heterocycles. The van der Waals surface area contributed by atoms with Crippen LogP contribution in [0.25, 0.3) is 31.7 Å². The lowest BCUT2D eigenvalue weighted by Crippen LogP contribution is -2.27. The van der Waals surface area contributed by atoms with Gasteiger partial charge >= 0.3 is 0 Å². The van der Waals surface area contributed by atoms with E-state index in [4.69, 9.17) is 4.98 Å². The van der Waals surface area contributed by atoms with Gasteiger partial charge in [0.1, 0.15) is 16.1 Å². The summed E-state index contributed by atoms with van der Waals surface area (Å²) >= 11 is 1.31. The monoisotopic (exact) mass is 440 g/mol. The van der Waals surface area contributed by atoms with Crippen LogP contribution in [0.5, 0.6) is 0 Å². The van der Waals surface area contributed by atoms with Crippen molar-refractivity contribution in [1.29, 1.82) is 0 Å². The predicted octanol–water partition coefficient (Wildman–Crippen LogP) is 4.87. The molecule has 5 rings (SSSR count). The second kappa shape index (κ2) is 8.36. The zero-order chi connectivity index (χ0) is 22.1. The Morgan fingerprint density at radius 3 is 2.56 bits per heavy atom. The van der Waals surface area contributed by atoms with Gasteiger partial charge in [0.2, 0.25) is 5.91 Å². The number of amides is 1. The van der Waals surface area contributed by atoms with Crippen LogP contribution in [0.15, 0.2) is 77.9 Å². The molecule has 6 nitrogen and oxygen atoms in total. The zero-order valence-electron chi connectivity index (χ0n) is 17.4. The molecule has 5 aromatic rings. The predicted molar refractivity (Wildman–Crippen MR) is 129 cm³/mol. The van der Waals surface area contributed by atoms with Gasteiger partial charge < -0.3 is 5.32 Å². The number of anilines is 1. The Labute approximate surface area is 188 Å². The summed E-state index contributed by atoms with van der Waals surface area (Å²) in [6.45, 7) is 1.98. The number of fused-ring (bicyclic) bond motifs is 3. The van der Waals surface area contributed by atoms with E-state index in [2.05, 4.69) is 17.2 Å². The van der Waals surface area contributed by atoms with Crippen molar-refractivity contribution in [3.05, 3.63) is 89.0 Å². The molecular weight excluding hydrogens is 420 g/mol. The van der Waals surface area contributed by atoms with Crippen LogP contribution in [-0.4, -0.2) is 20.4 Å². The number of carbonyl (C=O) groups excluding carboxylic acids is 1. The molecule has 0 aliphatic carbocycles. The topological polar surface area (TPSA) is 76.9 Å². The molecule has 0 bridgehead atoms. The minimum absolute atomic E-state index is 0.103. The molecule has 0 atom stereocenters. The largest absolute Gasteiger partial charge is 0.325 e. The Hall–Kier alpha value is -3.84. The van der Waals surface area contributed by atoms with Crippen LogP contribution >= 0.6 is 11.3 Å². The van der Waals surface area contributed by atoms with Gasteiger partial charge in [0.05, 0.1) is 17.5 Å². The van der Waals surface area contributed by atoms with E-state index in [9.17, 15) is 9.59 Å². The molecule has 0 aliphatic rings. The van der Waals surface area contributed by atoms with Gasteiger partial charge in [-0.1, -0.05) is 49.4 Å². The number of pyridine rings is 1. The van der Waals surface area contributed by atoms with Crippen LogP contribution in [0.3, 0.4) is 0 Å². The van der Waals surface area contributed by atoms with E-state index in [1.54, 1.807) is 0 Å². The average molecular weight is 441 g/mol. The molecule has 0 spiro atoms. The number of hydrogen-bond acceptors (Lipinski definition) is 5. The van der Waals surface area contributed by atoms with Crippen molar-refractivity contribution in [3.63, 3.8) is 0 Å². The lowest BCUT2D eigenvalue weighted by Gasteiger charge is -2.07. The summed E-state index contributed by atoms with van der Waals surface area (Å²) in [4.78, 5) is 35.5. The van der Waals surface area contributed by atoms with Crippen molar-refractivity contribution in [2.75, 3.05) is 5.32 Å². The number of aromatic nitrogens is 3. The number of hydrogen-bond donors (Lipinski definition) is 1. The summed E-state index contributed by atoms with van der Waals surface area (Å²) in [5.41, 5.74) is 4.14. The van der Waals surface area contributed by atoms with E-state index < -0.39 is 0 Å². The van der Waals surface area contributed by atoms with Crippen molar-refractivity contribution < 1.29 is 4.79 Å². The van der Waals surface area contributed by atoms with Crippen LogP contribution < -0.4 is 10.9 Å². The fraction of sp³-hybridized carbons (Fsp3) is 0.120. The lowest BCUT2D eigenvalue weighted by molar-refractivity contribution is -0.116. The van der Waals surface area contributed by atoms with Crippen LogP contribution in [0, 0.1) is 0 Å². The van der Waals surface area contributed by atoms with E-state index in [0.717, 1.165) is 27.9 Å². The van der Waals surface area contributed by atoms with E-state index in [-0.39, 0.29) is 18.0 Å². The fourth-order valence-corrected chi connectivity index (χ4v) is 4.69. The number of nitrogens with one attached hydrogen (secondary N) is 1. The van der Waals surface area contributed by atoms with Crippen LogP contribution in [0.4, 0.5) is 5.69 Å². The maximum atomic E-state index is 13.1. The molecule has 0 saturated carbocycles. The third kappa shape index (κ3) is 3.78. The number of thiophene rings is 1. The molecule has 0 fully saturated rings. The number of aryl methyl sites for hydroxylation is 1. The highest BCUT2D eigenvalue weighted by Crippen LogP contribution is 2.31. The molecule has 0 radical (unpaired) electrons. The van der Waals surface area contributed by atoms with Gasteiger partial charge in [-0.05, 0) is 36.2 Å². The van der Waals surface area contributed by atoms with Gasteiger partial charge in [-0.3, -0.25) is 14.2 Å². The van der Waals surface area contributed by atoms with E-state index in [1.165, 1.54) is 27.8 Å². The Kier molecular flexibility index (Phi) is 5.25. The first-order chi connectivity index (χ1) is 15.6. The molecular formula is C25H20N4O2S. The quantitative estimate of drug-likeness (QED) is 0.423. The third-order valence-electron chi connectivity index (χ3n) is 5.34. The Balaban J connectivity index is 1.44. The summed E-state index contributed by atoms with van der Waals surface area (Å²) in [6.07, 6.45) is 2.37. The summed E-state index contributed by atoms with van der Waals surface area (Å²) in [5.74, 6) is -0.275. The second-order valence-corrected chi connectivity index (χ2v) is 8.47. The van der Waals surface area contributed by atoms with Gasteiger partial charge in [0.15, 0.2) is 0 Å². The van der Waals surface area contributed by atoms with Gasteiger partial charge in [-0.15, -0.1) is 11.3 Å². The van der Waals surface area contributed by atoms with Crippen molar-refractivity contribution in [3.8, 4) is 11.3 Å². The number of nitrogens with zero attached hydrogens (tertiary/aromatic N) is 3. The van der Waals surface area contributed by atoms with Crippen molar-refractivity contribution in [2.45, 2.75) is 19.9 Å². The lowest BCUT2D eigenvalue weighted by atomic mass is 10.1. The van der Waals surface area contributed by atoms with Gasteiger partial charge in [0, 0.05) is 16.6 Å². The van der Waals surface area contributed by atoms with Crippen molar-refractivity contribution in [1.82, 2.24) is 14.5 Å². The Morgan fingerprint density at radius 2 is 1.81 bits per heavy atom. The summed E-state index contributed by atoms with van der Waals surface area (Å²) < 4.78 is 1.84. The van der Waals surface area contributed by atoms with Gasteiger partial charge in [-0.25, -0.2) is 9.97 Å². The minimum Gasteiger partial charge on any atom is -0.325 e. The molecule has 7 heteroatoms.